The molecule has 0 fully saturated rings. The molecule has 7 heteroatoms. The Kier molecular flexibility index (Phi) is 7.06. The van der Waals surface area contributed by atoms with Crippen LogP contribution in [0.2, 0.25) is 0 Å². The van der Waals surface area contributed by atoms with Crippen molar-refractivity contribution in [1.29, 1.82) is 0 Å². The zero-order valence-corrected chi connectivity index (χ0v) is 18.3. The maximum absolute atomic E-state index is 13.0. The average Bonchev–Trinajstić information content (AvgIpc) is 2.73. The summed E-state index contributed by atoms with van der Waals surface area (Å²) < 4.78 is 11.9. The molecule has 0 aromatic heterocycles. The largest absolute Gasteiger partial charge is 0.490 e. The summed E-state index contributed by atoms with van der Waals surface area (Å²) in [6.07, 6.45) is 1.68. The van der Waals surface area contributed by atoms with Crippen LogP contribution in [0.5, 0.6) is 5.75 Å². The maximum atomic E-state index is 13.0. The molecule has 150 valence electrons. The van der Waals surface area contributed by atoms with E-state index in [9.17, 15) is 4.79 Å². The normalized spacial score (nSPS) is 15.9. The van der Waals surface area contributed by atoms with E-state index in [1.807, 2.05) is 48.5 Å². The van der Waals surface area contributed by atoms with Gasteiger partial charge in [-0.15, -0.1) is 0 Å². The highest BCUT2D eigenvalue weighted by molar-refractivity contribution is 9.10. The van der Waals surface area contributed by atoms with Crippen LogP contribution in [0.25, 0.3) is 5.70 Å². The number of ether oxygens (including phenoxy) is 2. The number of benzene rings is 2. The number of hydrogen-bond acceptors (Lipinski definition) is 4. The van der Waals surface area contributed by atoms with Crippen molar-refractivity contribution in [1.82, 2.24) is 10.6 Å². The second kappa shape index (κ2) is 9.71. The number of rotatable bonds is 7. The molecule has 0 saturated carbocycles. The monoisotopic (exact) mass is 472 g/mol. The minimum Gasteiger partial charge on any atom is -0.490 e. The molecule has 2 N–H and O–H groups in total. The van der Waals surface area contributed by atoms with Crippen molar-refractivity contribution in [2.24, 2.45) is 0 Å². The number of halogens is 1. The molecule has 5 nitrogen and oxygen atoms in total. The molecule has 1 aliphatic heterocycles. The topological polar surface area (TPSA) is 59.6 Å². The second-order valence-electron chi connectivity index (χ2n) is 6.19. The molecule has 0 radical (unpaired) electrons. The van der Waals surface area contributed by atoms with Crippen molar-refractivity contribution >= 4 is 44.9 Å². The van der Waals surface area contributed by atoms with Gasteiger partial charge in [0.25, 0.3) is 0 Å². The van der Waals surface area contributed by atoms with Gasteiger partial charge in [0, 0.05) is 4.47 Å². The first-order chi connectivity index (χ1) is 14.0. The second-order valence-corrected chi connectivity index (χ2v) is 7.45. The molecule has 0 aliphatic carbocycles. The van der Waals surface area contributed by atoms with Gasteiger partial charge in [-0.1, -0.05) is 58.9 Å². The smallest absolute Gasteiger partial charge is 0.338 e. The summed E-state index contributed by atoms with van der Waals surface area (Å²) in [5, 5.41) is 6.75. The fourth-order valence-corrected chi connectivity index (χ4v) is 3.74. The van der Waals surface area contributed by atoms with Gasteiger partial charge in [0.15, 0.2) is 5.11 Å². The molecule has 0 amide bonds. The fraction of sp³-hybridized carbons (Fsp3) is 0.182. The number of thiocarbonyl (C=S) groups is 1. The van der Waals surface area contributed by atoms with E-state index in [0.29, 0.717) is 28.7 Å². The minimum absolute atomic E-state index is 0.269. The summed E-state index contributed by atoms with van der Waals surface area (Å²) in [5.74, 6) is 0.252. The summed E-state index contributed by atoms with van der Waals surface area (Å²) in [7, 11) is 0. The van der Waals surface area contributed by atoms with Crippen LogP contribution in [0.15, 0.2) is 71.2 Å². The molecular formula is C22H21BrN2O3S. The van der Waals surface area contributed by atoms with E-state index in [2.05, 4.69) is 33.1 Å². The van der Waals surface area contributed by atoms with Gasteiger partial charge in [-0.25, -0.2) is 4.79 Å². The molecule has 2 aromatic rings. The molecule has 0 spiro atoms. The van der Waals surface area contributed by atoms with E-state index in [-0.39, 0.29) is 6.61 Å². The van der Waals surface area contributed by atoms with E-state index in [1.54, 1.807) is 13.0 Å². The number of hydrogen-bond donors (Lipinski definition) is 2. The zero-order valence-electron chi connectivity index (χ0n) is 15.9. The summed E-state index contributed by atoms with van der Waals surface area (Å²) >= 11 is 9.03. The van der Waals surface area contributed by atoms with Crippen LogP contribution in [0.3, 0.4) is 0 Å². The first-order valence-electron chi connectivity index (χ1n) is 9.12. The van der Waals surface area contributed by atoms with Crippen molar-refractivity contribution < 1.29 is 14.3 Å². The first kappa shape index (κ1) is 21.1. The van der Waals surface area contributed by atoms with Crippen molar-refractivity contribution in [3.05, 3.63) is 82.4 Å². The lowest BCUT2D eigenvalue weighted by atomic mass is 9.92. The Labute approximate surface area is 183 Å². The third-order valence-corrected chi connectivity index (χ3v) is 5.22. The van der Waals surface area contributed by atoms with Gasteiger partial charge in [-0.3, -0.25) is 0 Å². The Balaban J connectivity index is 2.16. The lowest BCUT2D eigenvalue weighted by Crippen LogP contribution is -2.45. The van der Waals surface area contributed by atoms with Crippen LogP contribution in [-0.2, 0) is 9.53 Å². The van der Waals surface area contributed by atoms with Crippen LogP contribution in [0.4, 0.5) is 0 Å². The number of nitrogens with one attached hydrogen (secondary N) is 2. The van der Waals surface area contributed by atoms with Crippen LogP contribution in [0.1, 0.15) is 24.1 Å². The van der Waals surface area contributed by atoms with Crippen molar-refractivity contribution in [2.45, 2.75) is 13.0 Å². The SMILES string of the molecule is C=CCOc1ccc(Br)c(C2NC(=S)NC(c3ccccc3)=C2C(=O)OCC)c1. The Hall–Kier alpha value is -2.64. The summed E-state index contributed by atoms with van der Waals surface area (Å²) in [4.78, 5) is 13.0. The third kappa shape index (κ3) is 4.86. The van der Waals surface area contributed by atoms with E-state index in [1.165, 1.54) is 0 Å². The lowest BCUT2D eigenvalue weighted by Gasteiger charge is -2.32. The molecule has 29 heavy (non-hydrogen) atoms. The first-order valence-corrected chi connectivity index (χ1v) is 10.3. The van der Waals surface area contributed by atoms with Crippen molar-refractivity contribution in [2.75, 3.05) is 13.2 Å². The Morgan fingerprint density at radius 2 is 2.03 bits per heavy atom. The minimum atomic E-state index is -0.514. The highest BCUT2D eigenvalue weighted by atomic mass is 79.9. The van der Waals surface area contributed by atoms with E-state index in [4.69, 9.17) is 21.7 Å². The van der Waals surface area contributed by atoms with Gasteiger partial charge < -0.3 is 20.1 Å². The van der Waals surface area contributed by atoms with Gasteiger partial charge in [-0.2, -0.15) is 0 Å². The van der Waals surface area contributed by atoms with E-state index >= 15 is 0 Å². The van der Waals surface area contributed by atoms with Gasteiger partial charge >= 0.3 is 5.97 Å². The molecule has 1 unspecified atom stereocenters. The summed E-state index contributed by atoms with van der Waals surface area (Å²) in [6.45, 7) is 6.11. The predicted octanol–water partition coefficient (Wildman–Crippen LogP) is 4.51. The Morgan fingerprint density at radius 1 is 1.28 bits per heavy atom. The molecular weight excluding hydrogens is 452 g/mol. The van der Waals surface area contributed by atoms with Crippen molar-refractivity contribution in [3.8, 4) is 5.75 Å². The molecule has 0 saturated heterocycles. The quantitative estimate of drug-likeness (QED) is 0.351. The lowest BCUT2D eigenvalue weighted by molar-refractivity contribution is -0.138. The van der Waals surface area contributed by atoms with Crippen molar-refractivity contribution in [3.63, 3.8) is 0 Å². The Morgan fingerprint density at radius 3 is 2.72 bits per heavy atom. The van der Waals surface area contributed by atoms with Crippen LogP contribution in [-0.4, -0.2) is 24.3 Å². The number of carbonyl (C=O) groups excluding carboxylic acids is 1. The summed E-state index contributed by atoms with van der Waals surface area (Å²) in [5.41, 5.74) is 2.74. The average molecular weight is 473 g/mol. The fourth-order valence-electron chi connectivity index (χ4n) is 3.05. The molecule has 1 atom stereocenters. The highest BCUT2D eigenvalue weighted by Crippen LogP contribution is 2.37. The van der Waals surface area contributed by atoms with Crippen LogP contribution >= 0.6 is 28.1 Å². The third-order valence-electron chi connectivity index (χ3n) is 4.28. The van der Waals surface area contributed by atoms with Gasteiger partial charge in [-0.05, 0) is 48.5 Å². The number of esters is 1. The Bertz CT molecular complexity index is 960. The van der Waals surface area contributed by atoms with Crippen LogP contribution < -0.4 is 15.4 Å². The molecule has 0 bridgehead atoms. The maximum Gasteiger partial charge on any atom is 0.338 e. The predicted molar refractivity (Wildman–Crippen MR) is 121 cm³/mol. The van der Waals surface area contributed by atoms with E-state index < -0.39 is 12.0 Å². The molecule has 3 rings (SSSR count). The van der Waals surface area contributed by atoms with Gasteiger partial charge in [0.2, 0.25) is 0 Å². The molecule has 1 heterocycles. The number of carbonyl (C=O) groups is 1. The molecule has 1 aliphatic rings. The summed E-state index contributed by atoms with van der Waals surface area (Å²) in [6, 6.07) is 14.7. The van der Waals surface area contributed by atoms with Crippen LogP contribution in [0, 0.1) is 0 Å². The van der Waals surface area contributed by atoms with E-state index in [0.717, 1.165) is 15.6 Å². The molecule has 2 aromatic carbocycles. The highest BCUT2D eigenvalue weighted by Gasteiger charge is 2.34. The zero-order chi connectivity index (χ0) is 20.8. The van der Waals surface area contributed by atoms with Gasteiger partial charge in [0.05, 0.1) is 23.9 Å². The standard InChI is InChI=1S/C22H21BrN2O3S/c1-3-12-28-15-10-11-17(23)16(13-15)20-18(21(26)27-4-2)19(24-22(29)25-20)14-8-6-5-7-9-14/h3,5-11,13,20H,1,4,12H2,2H3,(H2,24,25,29). The van der Waals surface area contributed by atoms with Gasteiger partial charge in [0.1, 0.15) is 12.4 Å².